The maximum Gasteiger partial charge on any atom is 0.138 e. The Morgan fingerprint density at radius 3 is 1.96 bits per heavy atom. The van der Waals surface area contributed by atoms with E-state index in [1.165, 1.54) is 54.8 Å². The fourth-order valence-electron chi connectivity index (χ4n) is 7.93. The van der Waals surface area contributed by atoms with Gasteiger partial charge >= 0.3 is 0 Å². The lowest BCUT2D eigenvalue weighted by Gasteiger charge is -2.18. The standard InChI is InChI=1S/C47H33N3/c1-4-15-32(16-5-1)35-30-42(33-17-6-2-7-18-33)48-46(31-35)50-44-26-13-10-21-38(44)40-24-14-23-37(47(40)50)34-27-28-45-41(29-34)39-22-11-12-25-43(39)49(45)36-19-8-3-9-20-36/h1-15,17-32H,16H2. The van der Waals surface area contributed by atoms with Gasteiger partial charge in [-0.1, -0.05) is 133 Å². The molecule has 3 heteroatoms. The molecule has 3 heterocycles. The van der Waals surface area contributed by atoms with E-state index in [2.05, 4.69) is 191 Å². The molecule has 50 heavy (non-hydrogen) atoms. The average molecular weight is 640 g/mol. The molecule has 0 spiro atoms. The molecule has 6 aromatic carbocycles. The Morgan fingerprint density at radius 1 is 0.500 bits per heavy atom. The summed E-state index contributed by atoms with van der Waals surface area (Å²) < 4.78 is 4.78. The van der Waals surface area contributed by atoms with Gasteiger partial charge in [0.25, 0.3) is 0 Å². The van der Waals surface area contributed by atoms with Crippen LogP contribution < -0.4 is 0 Å². The van der Waals surface area contributed by atoms with Crippen LogP contribution in [0.3, 0.4) is 0 Å². The molecule has 0 saturated heterocycles. The summed E-state index contributed by atoms with van der Waals surface area (Å²) in [6, 6.07) is 57.0. The number of aromatic nitrogens is 3. The van der Waals surface area contributed by atoms with E-state index in [1.54, 1.807) is 0 Å². The number of hydrogen-bond donors (Lipinski definition) is 0. The van der Waals surface area contributed by atoms with Crippen molar-refractivity contribution in [2.24, 2.45) is 0 Å². The molecule has 0 bridgehead atoms. The second-order valence-electron chi connectivity index (χ2n) is 13.1. The number of pyridine rings is 1. The first-order valence-electron chi connectivity index (χ1n) is 17.3. The van der Waals surface area contributed by atoms with E-state index in [4.69, 9.17) is 4.98 Å². The summed E-state index contributed by atoms with van der Waals surface area (Å²) in [4.78, 5) is 5.42. The van der Waals surface area contributed by atoms with Gasteiger partial charge in [-0.2, -0.15) is 0 Å². The number of benzene rings is 6. The number of rotatable bonds is 5. The largest absolute Gasteiger partial charge is 0.309 e. The summed E-state index contributed by atoms with van der Waals surface area (Å²) in [5.41, 5.74) is 11.6. The number of fused-ring (bicyclic) bond motifs is 6. The van der Waals surface area contributed by atoms with Crippen LogP contribution in [0.1, 0.15) is 17.9 Å². The lowest BCUT2D eigenvalue weighted by Crippen LogP contribution is -2.04. The summed E-state index contributed by atoms with van der Waals surface area (Å²) in [7, 11) is 0. The lowest BCUT2D eigenvalue weighted by atomic mass is 9.92. The van der Waals surface area contributed by atoms with Gasteiger partial charge < -0.3 is 4.57 Å². The highest BCUT2D eigenvalue weighted by molar-refractivity contribution is 6.15. The zero-order valence-electron chi connectivity index (χ0n) is 27.4. The molecule has 1 unspecified atom stereocenters. The van der Waals surface area contributed by atoms with Crippen LogP contribution in [0.2, 0.25) is 0 Å². The molecule has 0 saturated carbocycles. The minimum Gasteiger partial charge on any atom is -0.309 e. The number of hydrogen-bond acceptors (Lipinski definition) is 1. The number of allylic oxidation sites excluding steroid dienone is 4. The molecule has 10 rings (SSSR count). The van der Waals surface area contributed by atoms with Crippen molar-refractivity contribution in [2.45, 2.75) is 12.3 Å². The van der Waals surface area contributed by atoms with Crippen molar-refractivity contribution < 1.29 is 0 Å². The van der Waals surface area contributed by atoms with Crippen LogP contribution in [-0.4, -0.2) is 14.1 Å². The number of nitrogens with zero attached hydrogens (tertiary/aromatic N) is 3. The van der Waals surface area contributed by atoms with Crippen LogP contribution in [-0.2, 0) is 0 Å². The Labute approximate surface area is 290 Å². The first kappa shape index (κ1) is 28.6. The van der Waals surface area contributed by atoms with Gasteiger partial charge in [0.2, 0.25) is 0 Å². The summed E-state index contributed by atoms with van der Waals surface area (Å²) >= 11 is 0. The first-order valence-corrected chi connectivity index (χ1v) is 17.3. The summed E-state index contributed by atoms with van der Waals surface area (Å²) in [6.07, 6.45) is 9.86. The summed E-state index contributed by atoms with van der Waals surface area (Å²) in [6.45, 7) is 0. The maximum absolute atomic E-state index is 5.42. The van der Waals surface area contributed by atoms with Gasteiger partial charge in [-0.3, -0.25) is 4.57 Å². The third-order valence-corrected chi connectivity index (χ3v) is 10.2. The fraction of sp³-hybridized carbons (Fsp3) is 0.0426. The van der Waals surface area contributed by atoms with Gasteiger partial charge in [-0.05, 0) is 66.1 Å². The van der Waals surface area contributed by atoms with E-state index in [9.17, 15) is 0 Å². The van der Waals surface area contributed by atoms with Crippen molar-refractivity contribution in [1.82, 2.24) is 14.1 Å². The van der Waals surface area contributed by atoms with E-state index in [0.717, 1.165) is 34.7 Å². The van der Waals surface area contributed by atoms with E-state index >= 15 is 0 Å². The van der Waals surface area contributed by atoms with Gasteiger partial charge in [0.05, 0.1) is 27.8 Å². The minimum atomic E-state index is 0.293. The summed E-state index contributed by atoms with van der Waals surface area (Å²) in [5.74, 6) is 1.23. The van der Waals surface area contributed by atoms with E-state index in [0.29, 0.717) is 5.92 Å². The normalized spacial score (nSPS) is 14.4. The van der Waals surface area contributed by atoms with Gasteiger partial charge in [-0.15, -0.1) is 0 Å². The van der Waals surface area contributed by atoms with Crippen LogP contribution >= 0.6 is 0 Å². The van der Waals surface area contributed by atoms with Crippen LogP contribution in [0.15, 0.2) is 182 Å². The van der Waals surface area contributed by atoms with E-state index < -0.39 is 0 Å². The second-order valence-corrected chi connectivity index (χ2v) is 13.1. The summed E-state index contributed by atoms with van der Waals surface area (Å²) in [5, 5.41) is 4.93. The third-order valence-electron chi connectivity index (χ3n) is 10.2. The molecule has 0 fully saturated rings. The van der Waals surface area contributed by atoms with E-state index in [-0.39, 0.29) is 0 Å². The SMILES string of the molecule is C1=CCC(c2cc(-c3ccccc3)nc(-n3c4ccccc4c4cccc(-c5ccc6c(c5)c5ccccc5n6-c5ccccc5)c43)c2)C=C1. The Morgan fingerprint density at radius 2 is 1.18 bits per heavy atom. The average Bonchev–Trinajstić information content (AvgIpc) is 3.71. The molecule has 1 aliphatic rings. The Hall–Kier alpha value is -6.45. The molecule has 1 aliphatic carbocycles. The van der Waals surface area contributed by atoms with Crippen molar-refractivity contribution in [3.8, 4) is 33.9 Å². The Bertz CT molecular complexity index is 2780. The highest BCUT2D eigenvalue weighted by Crippen LogP contribution is 2.41. The molecule has 0 amide bonds. The van der Waals surface area contributed by atoms with Crippen LogP contribution in [0.5, 0.6) is 0 Å². The zero-order valence-corrected chi connectivity index (χ0v) is 27.4. The molecule has 0 aliphatic heterocycles. The topological polar surface area (TPSA) is 22.8 Å². The van der Waals surface area contributed by atoms with Gasteiger partial charge in [0, 0.05) is 44.3 Å². The van der Waals surface area contributed by atoms with Crippen molar-refractivity contribution >= 4 is 43.6 Å². The monoisotopic (exact) mass is 639 g/mol. The highest BCUT2D eigenvalue weighted by Gasteiger charge is 2.21. The van der Waals surface area contributed by atoms with Crippen LogP contribution in [0.25, 0.3) is 77.5 Å². The van der Waals surface area contributed by atoms with Crippen molar-refractivity contribution in [1.29, 1.82) is 0 Å². The van der Waals surface area contributed by atoms with Gasteiger partial charge in [0.1, 0.15) is 5.82 Å². The second kappa shape index (κ2) is 11.6. The Balaban J connectivity index is 1.25. The quantitative estimate of drug-likeness (QED) is 0.184. The predicted molar refractivity (Wildman–Crippen MR) is 209 cm³/mol. The molecular weight excluding hydrogens is 607 g/mol. The molecule has 0 radical (unpaired) electrons. The highest BCUT2D eigenvalue weighted by atomic mass is 15.1. The van der Waals surface area contributed by atoms with Gasteiger partial charge in [-0.25, -0.2) is 4.98 Å². The molecule has 3 nitrogen and oxygen atoms in total. The predicted octanol–water partition coefficient (Wildman–Crippen LogP) is 12.2. The maximum atomic E-state index is 5.42. The molecule has 236 valence electrons. The minimum absolute atomic E-state index is 0.293. The zero-order chi connectivity index (χ0) is 33.0. The first-order chi connectivity index (χ1) is 24.8. The van der Waals surface area contributed by atoms with Crippen LogP contribution in [0.4, 0.5) is 0 Å². The fourth-order valence-corrected chi connectivity index (χ4v) is 7.93. The molecule has 0 N–H and O–H groups in total. The molecule has 3 aromatic heterocycles. The third kappa shape index (κ3) is 4.55. The van der Waals surface area contributed by atoms with Gasteiger partial charge in [0.15, 0.2) is 0 Å². The molecule has 1 atom stereocenters. The Kier molecular flexibility index (Phi) is 6.63. The molecular formula is C47H33N3. The van der Waals surface area contributed by atoms with Crippen LogP contribution in [0, 0.1) is 0 Å². The smallest absolute Gasteiger partial charge is 0.138 e. The lowest BCUT2D eigenvalue weighted by molar-refractivity contribution is 0.848. The van der Waals surface area contributed by atoms with E-state index in [1.807, 2.05) is 0 Å². The number of para-hydroxylation sites is 4. The molecule has 9 aromatic rings. The van der Waals surface area contributed by atoms with Crippen molar-refractivity contribution in [3.63, 3.8) is 0 Å². The van der Waals surface area contributed by atoms with Crippen molar-refractivity contribution in [3.05, 3.63) is 188 Å². The van der Waals surface area contributed by atoms with Crippen molar-refractivity contribution in [2.75, 3.05) is 0 Å².